The quantitative estimate of drug-likeness (QED) is 0.0196. The normalized spacial score (nSPS) is 21.3. The zero-order chi connectivity index (χ0) is 64.1. The highest BCUT2D eigenvalue weighted by Gasteiger charge is 2.50. The molecule has 2 aliphatic carbocycles. The number of phenols is 2. The van der Waals surface area contributed by atoms with Gasteiger partial charge in [0.05, 0.1) is 94.6 Å². The second-order valence-corrected chi connectivity index (χ2v) is 21.8. The highest BCUT2D eigenvalue weighted by atomic mass is 16.7. The van der Waals surface area contributed by atoms with Crippen LogP contribution in [0.1, 0.15) is 109 Å². The number of rotatable bonds is 31. The van der Waals surface area contributed by atoms with E-state index in [0.717, 1.165) is 4.90 Å². The Hall–Kier alpha value is -8.28. The summed E-state index contributed by atoms with van der Waals surface area (Å²) in [6, 6.07) is 8.50. The molecule has 6 amide bonds. The van der Waals surface area contributed by atoms with Gasteiger partial charge in [-0.15, -0.1) is 0 Å². The van der Waals surface area contributed by atoms with Crippen LogP contribution < -0.4 is 26.4 Å². The largest absolute Gasteiger partial charge is 0.507 e. The zero-order valence-electron chi connectivity index (χ0n) is 49.0. The molecule has 3 aromatic rings. The van der Waals surface area contributed by atoms with Gasteiger partial charge < -0.3 is 80.4 Å². The van der Waals surface area contributed by atoms with E-state index in [0.29, 0.717) is 11.1 Å². The summed E-state index contributed by atoms with van der Waals surface area (Å²) in [5.74, 6) is -8.61. The number of imide groups is 1. The van der Waals surface area contributed by atoms with Gasteiger partial charge in [0.25, 0.3) is 11.8 Å². The number of hydrogen-bond donors (Lipinski definition) is 9. The van der Waals surface area contributed by atoms with Crippen LogP contribution in [0, 0.1) is 11.8 Å². The molecule has 9 atom stereocenters. The van der Waals surface area contributed by atoms with Gasteiger partial charge in [-0.05, 0) is 48.7 Å². The Bertz CT molecular complexity index is 3200. The summed E-state index contributed by atoms with van der Waals surface area (Å²) >= 11 is 0. The van der Waals surface area contributed by atoms with Gasteiger partial charge in [-0.3, -0.25) is 48.1 Å². The SMILES string of the molecule is C=C1c2cccc(OC)c2C(=O)c2c(O)c3c(c(O)c21)C[C@@](O)(C(=O)CO)C[C@@H]3O[C@H]1C[C@H](NC(=O)OCc2ccc(NC(=O)[C@@H](CC(N)=O)CC(=O)[C@@H](C)NC(=O)[C@@H](C)CC(=O)CCOCCOCCOCCN3C(=O)C=CC3=O)cc2)[C@H](O)[C@H](C)O1. The molecule has 474 valence electrons. The molecule has 2 aliphatic heterocycles. The predicted octanol–water partition coefficient (Wildman–Crippen LogP) is 1.65. The van der Waals surface area contributed by atoms with E-state index >= 15 is 0 Å². The first-order valence-electron chi connectivity index (χ1n) is 28.5. The number of alkyl carbamates (subject to hydrolysis) is 1. The molecule has 4 aliphatic rings. The number of amides is 6. The lowest BCUT2D eigenvalue weighted by Gasteiger charge is -2.43. The summed E-state index contributed by atoms with van der Waals surface area (Å²) in [5.41, 5.74) is 3.50. The number of benzene rings is 3. The maximum Gasteiger partial charge on any atom is 0.407 e. The van der Waals surface area contributed by atoms with Crippen molar-refractivity contribution in [2.75, 3.05) is 65.2 Å². The maximum absolute atomic E-state index is 14.2. The number of fused-ring (bicyclic) bond motifs is 3. The summed E-state index contributed by atoms with van der Waals surface area (Å²) < 4.78 is 39.4. The predicted molar refractivity (Wildman–Crippen MR) is 307 cm³/mol. The van der Waals surface area contributed by atoms with Crippen molar-refractivity contribution < 1.29 is 107 Å². The van der Waals surface area contributed by atoms with Gasteiger partial charge >= 0.3 is 6.09 Å². The van der Waals surface area contributed by atoms with Gasteiger partial charge in [0.2, 0.25) is 23.5 Å². The molecule has 0 radical (unpaired) electrons. The van der Waals surface area contributed by atoms with Crippen LogP contribution in [0.5, 0.6) is 17.2 Å². The average molecular weight is 1230 g/mol. The zero-order valence-corrected chi connectivity index (χ0v) is 49.0. The fourth-order valence-corrected chi connectivity index (χ4v) is 10.7. The molecule has 7 rings (SSSR count). The number of primary amides is 1. The lowest BCUT2D eigenvalue weighted by atomic mass is 9.71. The third-order valence-electron chi connectivity index (χ3n) is 15.5. The van der Waals surface area contributed by atoms with Gasteiger partial charge in [-0.2, -0.15) is 0 Å². The number of carbonyl (C=O) groups excluding carboxylic acids is 10. The Labute approximate surface area is 505 Å². The minimum atomic E-state index is -2.35. The van der Waals surface area contributed by atoms with E-state index < -0.39 is 139 Å². The molecule has 1 fully saturated rings. The monoisotopic (exact) mass is 1230 g/mol. The van der Waals surface area contributed by atoms with E-state index in [1.807, 2.05) is 0 Å². The van der Waals surface area contributed by atoms with Gasteiger partial charge in [-0.1, -0.05) is 37.8 Å². The standard InChI is InChI=1S/C61H73N5O22/c1-31(23-38(68)15-17-83-19-21-85-22-20-84-18-16-66-47(72)13-14-48(66)73)58(78)63-33(3)42(69)24-36(25-46(62)71)59(79)64-37-11-9-35(10-12-37)30-86-60(80)65-41-26-49(87-34(4)54(41)74)88-44-28-61(81,45(70)29-67)27-40-52(44)57(77)53-50(55(40)75)32(2)39-7-6-8-43(82-5)51(39)56(53)76/h6-14,31,33-34,36,41,44,49,54,67,74-75,77,81H,2,15-30H2,1,3-5H3,(H2,62,71)(H,63,78)(H,64,79)(H,65,80)/t31-,33+,34-,36+,41-,44-,49-,54+,61-/m0/s1. The number of nitrogens with zero attached hydrogens (tertiary/aromatic N) is 1. The van der Waals surface area contributed by atoms with Crippen molar-refractivity contribution in [1.29, 1.82) is 0 Å². The lowest BCUT2D eigenvalue weighted by Crippen LogP contribution is -2.56. The summed E-state index contributed by atoms with van der Waals surface area (Å²) in [7, 11) is 1.36. The smallest absolute Gasteiger partial charge is 0.407 e. The van der Waals surface area contributed by atoms with E-state index in [9.17, 15) is 73.5 Å². The topological polar surface area (TPSA) is 402 Å². The number of hydrogen-bond acceptors (Lipinski definition) is 22. The van der Waals surface area contributed by atoms with Gasteiger partial charge in [0, 0.05) is 85.4 Å². The summed E-state index contributed by atoms with van der Waals surface area (Å²) in [6.45, 7) is 8.35. The second kappa shape index (κ2) is 30.1. The average Bonchev–Trinajstić information content (AvgIpc) is 1.03. The second-order valence-electron chi connectivity index (χ2n) is 21.8. The molecule has 27 heteroatoms. The van der Waals surface area contributed by atoms with Crippen molar-refractivity contribution in [2.45, 2.75) is 115 Å². The minimum Gasteiger partial charge on any atom is -0.507 e. The number of nitrogens with one attached hydrogen (secondary N) is 3. The van der Waals surface area contributed by atoms with Crippen molar-refractivity contribution in [3.8, 4) is 17.2 Å². The highest BCUT2D eigenvalue weighted by molar-refractivity contribution is 6.22. The first-order valence-corrected chi connectivity index (χ1v) is 28.5. The number of ether oxygens (including phenoxy) is 7. The van der Waals surface area contributed by atoms with Crippen LogP contribution in [0.25, 0.3) is 5.57 Å². The van der Waals surface area contributed by atoms with Crippen molar-refractivity contribution in [3.05, 3.63) is 100 Å². The van der Waals surface area contributed by atoms with Crippen LogP contribution in [0.15, 0.2) is 61.2 Å². The number of aliphatic hydroxyl groups is 3. The molecule has 0 unspecified atom stereocenters. The Morgan fingerprint density at radius 2 is 1.51 bits per heavy atom. The number of carbonyl (C=O) groups is 10. The molecular weight excluding hydrogens is 1150 g/mol. The number of phenolic OH excluding ortho intramolecular Hbond substituents is 2. The van der Waals surface area contributed by atoms with Gasteiger partial charge in [-0.25, -0.2) is 4.79 Å². The van der Waals surface area contributed by atoms with Crippen LogP contribution in [0.2, 0.25) is 0 Å². The fraction of sp³-hybridized carbons (Fsp3) is 0.475. The molecule has 27 nitrogen and oxygen atoms in total. The number of Topliss-reactive ketones (excluding diaryl/α,β-unsaturated/α-hetero) is 3. The van der Waals surface area contributed by atoms with Crippen LogP contribution >= 0.6 is 0 Å². The number of aromatic hydroxyl groups is 2. The van der Waals surface area contributed by atoms with E-state index in [-0.39, 0.29) is 134 Å². The van der Waals surface area contributed by atoms with E-state index in [1.165, 1.54) is 64.3 Å². The van der Waals surface area contributed by atoms with Crippen LogP contribution in [-0.2, 0) is 79.8 Å². The van der Waals surface area contributed by atoms with E-state index in [1.54, 1.807) is 18.2 Å². The van der Waals surface area contributed by atoms with Crippen molar-refractivity contribution in [2.24, 2.45) is 17.6 Å². The number of nitrogens with two attached hydrogens (primary N) is 1. The number of anilines is 1. The minimum absolute atomic E-state index is 0.0222. The summed E-state index contributed by atoms with van der Waals surface area (Å²) in [6.07, 6.45) is -6.31. The Kier molecular flexibility index (Phi) is 23.0. The Morgan fingerprint density at radius 1 is 0.852 bits per heavy atom. The summed E-state index contributed by atoms with van der Waals surface area (Å²) in [4.78, 5) is 129. The molecule has 2 heterocycles. The fourth-order valence-electron chi connectivity index (χ4n) is 10.7. The number of aliphatic hydroxyl groups excluding tert-OH is 2. The molecule has 3 aromatic carbocycles. The molecule has 0 saturated carbocycles. The van der Waals surface area contributed by atoms with Gasteiger partial charge in [0.1, 0.15) is 48.0 Å². The van der Waals surface area contributed by atoms with Crippen LogP contribution in [0.3, 0.4) is 0 Å². The van der Waals surface area contributed by atoms with E-state index in [2.05, 4.69) is 22.5 Å². The molecule has 0 aromatic heterocycles. The number of methoxy groups -OCH3 is 1. The van der Waals surface area contributed by atoms with E-state index in [4.69, 9.17) is 38.9 Å². The molecule has 88 heavy (non-hydrogen) atoms. The molecule has 0 bridgehead atoms. The molecule has 10 N–H and O–H groups in total. The Morgan fingerprint density at radius 3 is 2.16 bits per heavy atom. The third kappa shape index (κ3) is 16.3. The van der Waals surface area contributed by atoms with Crippen molar-refractivity contribution in [3.63, 3.8) is 0 Å². The number of ketones is 4. The highest BCUT2D eigenvalue weighted by Crippen LogP contribution is 2.54. The molecule has 0 spiro atoms. The van der Waals surface area contributed by atoms with Gasteiger partial charge in [0.15, 0.2) is 17.9 Å². The first-order chi connectivity index (χ1) is 41.8. The van der Waals surface area contributed by atoms with Crippen LogP contribution in [0.4, 0.5) is 10.5 Å². The lowest BCUT2D eigenvalue weighted by molar-refractivity contribution is -0.249. The first kappa shape index (κ1) is 67.2. The van der Waals surface area contributed by atoms with Crippen molar-refractivity contribution >= 4 is 70.0 Å². The molecular formula is C61H73N5O22. The third-order valence-corrected chi connectivity index (χ3v) is 15.5. The van der Waals surface area contributed by atoms with Crippen molar-refractivity contribution in [1.82, 2.24) is 15.5 Å². The van der Waals surface area contributed by atoms with Crippen LogP contribution in [-0.4, -0.2) is 185 Å². The maximum atomic E-state index is 14.2. The molecule has 1 saturated heterocycles. The summed E-state index contributed by atoms with van der Waals surface area (Å²) in [5, 5.41) is 64.4. The Balaban J connectivity index is 0.856.